The van der Waals surface area contributed by atoms with Crippen molar-refractivity contribution in [3.8, 4) is 0 Å². The fourth-order valence-electron chi connectivity index (χ4n) is 6.56. The van der Waals surface area contributed by atoms with Crippen LogP contribution < -0.4 is 5.32 Å². The van der Waals surface area contributed by atoms with Crippen molar-refractivity contribution < 1.29 is 4.79 Å². The molecule has 4 bridgehead atoms. The molecule has 0 saturated heterocycles. The molecule has 4 fully saturated rings. The van der Waals surface area contributed by atoms with Gasteiger partial charge in [-0.25, -0.2) is 4.98 Å². The molecule has 6 rings (SSSR count). The number of hydrogen-bond acceptors (Lipinski definition) is 2. The van der Waals surface area contributed by atoms with Crippen molar-refractivity contribution in [1.82, 2.24) is 14.9 Å². The second-order valence-electron chi connectivity index (χ2n) is 9.15. The molecule has 4 saturated carbocycles. The zero-order chi connectivity index (χ0) is 17.7. The Kier molecular flexibility index (Phi) is 3.84. The van der Waals surface area contributed by atoms with E-state index in [2.05, 4.69) is 27.9 Å². The number of aryl methyl sites for hydroxylation is 1. The maximum Gasteiger partial charge on any atom is 0.240 e. The molecule has 0 unspecified atom stereocenters. The number of nitrogens with zero attached hydrogens (tertiary/aromatic N) is 2. The quantitative estimate of drug-likeness (QED) is 0.887. The van der Waals surface area contributed by atoms with Crippen molar-refractivity contribution in [2.75, 3.05) is 6.54 Å². The van der Waals surface area contributed by atoms with E-state index in [-0.39, 0.29) is 5.91 Å². The van der Waals surface area contributed by atoms with Gasteiger partial charge in [-0.1, -0.05) is 19.1 Å². The first-order valence-electron chi connectivity index (χ1n) is 10.3. The molecule has 0 atom stereocenters. The van der Waals surface area contributed by atoms with Gasteiger partial charge in [-0.2, -0.15) is 0 Å². The Hall–Kier alpha value is -1.84. The SMILES string of the molecule is CCc1nc2ccccc2n1CC(=O)NCC12CC3CC(CC(C3)C1)C2. The van der Waals surface area contributed by atoms with Gasteiger partial charge in [0.25, 0.3) is 0 Å². The molecule has 4 nitrogen and oxygen atoms in total. The molecule has 0 aliphatic heterocycles. The van der Waals surface area contributed by atoms with Gasteiger partial charge in [0, 0.05) is 13.0 Å². The van der Waals surface area contributed by atoms with Gasteiger partial charge in [-0.3, -0.25) is 4.79 Å². The normalized spacial score (nSPS) is 32.3. The second kappa shape index (κ2) is 6.11. The van der Waals surface area contributed by atoms with E-state index in [1.807, 2.05) is 18.2 Å². The average molecular weight is 351 g/mol. The Morgan fingerprint density at radius 3 is 2.46 bits per heavy atom. The van der Waals surface area contributed by atoms with Gasteiger partial charge in [-0.05, 0) is 73.8 Å². The summed E-state index contributed by atoms with van der Waals surface area (Å²) in [5, 5.41) is 3.31. The maximum atomic E-state index is 12.8. The van der Waals surface area contributed by atoms with Crippen molar-refractivity contribution in [2.24, 2.45) is 23.2 Å². The number of imidazole rings is 1. The molecule has 1 amide bonds. The van der Waals surface area contributed by atoms with E-state index in [1.165, 1.54) is 38.5 Å². The molecule has 0 spiro atoms. The van der Waals surface area contributed by atoms with Gasteiger partial charge >= 0.3 is 0 Å². The average Bonchev–Trinajstić information content (AvgIpc) is 2.97. The summed E-state index contributed by atoms with van der Waals surface area (Å²) in [5.74, 6) is 3.93. The van der Waals surface area contributed by atoms with Gasteiger partial charge < -0.3 is 9.88 Å². The lowest BCUT2D eigenvalue weighted by molar-refractivity contribution is -0.123. The van der Waals surface area contributed by atoms with Crippen LogP contribution in [0.25, 0.3) is 11.0 Å². The van der Waals surface area contributed by atoms with E-state index in [0.29, 0.717) is 12.0 Å². The van der Waals surface area contributed by atoms with Gasteiger partial charge in [0.05, 0.1) is 11.0 Å². The number of rotatable bonds is 5. The number of nitrogens with one attached hydrogen (secondary N) is 1. The molecule has 1 heterocycles. The smallest absolute Gasteiger partial charge is 0.240 e. The summed E-state index contributed by atoms with van der Waals surface area (Å²) in [6, 6.07) is 8.12. The molecule has 26 heavy (non-hydrogen) atoms. The van der Waals surface area contributed by atoms with Crippen LogP contribution in [0.2, 0.25) is 0 Å². The van der Waals surface area contributed by atoms with E-state index >= 15 is 0 Å². The van der Waals surface area contributed by atoms with E-state index < -0.39 is 0 Å². The minimum atomic E-state index is 0.138. The van der Waals surface area contributed by atoms with Crippen LogP contribution in [0.5, 0.6) is 0 Å². The molecule has 4 aliphatic carbocycles. The zero-order valence-corrected chi connectivity index (χ0v) is 15.7. The summed E-state index contributed by atoms with van der Waals surface area (Å²) in [6.07, 6.45) is 9.22. The number of carbonyl (C=O) groups is 1. The van der Waals surface area contributed by atoms with E-state index in [0.717, 1.165) is 47.6 Å². The summed E-state index contributed by atoms with van der Waals surface area (Å²) < 4.78 is 2.09. The molecular formula is C22H29N3O. The molecule has 138 valence electrons. The van der Waals surface area contributed by atoms with Crippen LogP contribution in [-0.4, -0.2) is 22.0 Å². The number of amides is 1. The Morgan fingerprint density at radius 1 is 1.15 bits per heavy atom. The van der Waals surface area contributed by atoms with Crippen LogP contribution in [-0.2, 0) is 17.8 Å². The Labute approximate surface area is 155 Å². The Balaban J connectivity index is 1.29. The number of hydrogen-bond donors (Lipinski definition) is 1. The van der Waals surface area contributed by atoms with Crippen molar-refractivity contribution >= 4 is 16.9 Å². The minimum absolute atomic E-state index is 0.138. The lowest BCUT2D eigenvalue weighted by Gasteiger charge is -2.56. The first-order valence-corrected chi connectivity index (χ1v) is 10.3. The molecular weight excluding hydrogens is 322 g/mol. The monoisotopic (exact) mass is 351 g/mol. The molecule has 2 aromatic rings. The summed E-state index contributed by atoms with van der Waals surface area (Å²) in [5.41, 5.74) is 2.45. The third-order valence-electron chi connectivity index (χ3n) is 7.18. The first-order chi connectivity index (χ1) is 12.6. The lowest BCUT2D eigenvalue weighted by atomic mass is 9.49. The highest BCUT2D eigenvalue weighted by Crippen LogP contribution is 2.59. The third-order valence-corrected chi connectivity index (χ3v) is 7.18. The molecule has 0 radical (unpaired) electrons. The Morgan fingerprint density at radius 2 is 1.81 bits per heavy atom. The molecule has 1 aromatic heterocycles. The number of para-hydroxylation sites is 2. The highest BCUT2D eigenvalue weighted by molar-refractivity contribution is 5.81. The van der Waals surface area contributed by atoms with E-state index in [9.17, 15) is 4.79 Å². The number of fused-ring (bicyclic) bond motifs is 1. The van der Waals surface area contributed by atoms with Crippen LogP contribution in [0.15, 0.2) is 24.3 Å². The zero-order valence-electron chi connectivity index (χ0n) is 15.7. The fourth-order valence-corrected chi connectivity index (χ4v) is 6.56. The number of aromatic nitrogens is 2. The highest BCUT2D eigenvalue weighted by Gasteiger charge is 2.50. The summed E-state index contributed by atoms with van der Waals surface area (Å²) in [4.78, 5) is 17.4. The van der Waals surface area contributed by atoms with Gasteiger partial charge in [-0.15, -0.1) is 0 Å². The fraction of sp³-hybridized carbons (Fsp3) is 0.636. The predicted molar refractivity (Wildman–Crippen MR) is 103 cm³/mol. The largest absolute Gasteiger partial charge is 0.354 e. The van der Waals surface area contributed by atoms with Crippen LogP contribution in [0.1, 0.15) is 51.3 Å². The predicted octanol–water partition coefficient (Wildman–Crippen LogP) is 3.93. The summed E-state index contributed by atoms with van der Waals surface area (Å²) >= 11 is 0. The summed E-state index contributed by atoms with van der Waals surface area (Å²) in [6.45, 7) is 3.37. The van der Waals surface area contributed by atoms with Crippen molar-refractivity contribution in [2.45, 2.75) is 58.4 Å². The second-order valence-corrected chi connectivity index (χ2v) is 9.15. The van der Waals surface area contributed by atoms with Crippen LogP contribution in [0, 0.1) is 23.2 Å². The standard InChI is InChI=1S/C22H29N3O/c1-2-20-24-18-5-3-4-6-19(18)25(20)13-21(26)23-14-22-10-15-7-16(11-22)9-17(8-15)12-22/h3-6,15-17H,2,7-14H2,1H3,(H,23,26). The van der Waals surface area contributed by atoms with Gasteiger partial charge in [0.1, 0.15) is 12.4 Å². The first kappa shape index (κ1) is 16.3. The minimum Gasteiger partial charge on any atom is -0.354 e. The van der Waals surface area contributed by atoms with Crippen LogP contribution in [0.3, 0.4) is 0 Å². The molecule has 4 aliphatic rings. The van der Waals surface area contributed by atoms with Crippen molar-refractivity contribution in [3.63, 3.8) is 0 Å². The Bertz CT molecular complexity index is 802. The highest BCUT2D eigenvalue weighted by atomic mass is 16.1. The van der Waals surface area contributed by atoms with E-state index in [1.54, 1.807) is 0 Å². The third kappa shape index (κ3) is 2.74. The van der Waals surface area contributed by atoms with Gasteiger partial charge in [0.15, 0.2) is 0 Å². The molecule has 1 N–H and O–H groups in total. The van der Waals surface area contributed by atoms with Crippen LogP contribution >= 0.6 is 0 Å². The summed E-state index contributed by atoms with van der Waals surface area (Å²) in [7, 11) is 0. The molecule has 4 heteroatoms. The van der Waals surface area contributed by atoms with Crippen molar-refractivity contribution in [1.29, 1.82) is 0 Å². The molecule has 1 aromatic carbocycles. The van der Waals surface area contributed by atoms with Gasteiger partial charge in [0.2, 0.25) is 5.91 Å². The lowest BCUT2D eigenvalue weighted by Crippen LogP contribution is -2.51. The number of benzene rings is 1. The van der Waals surface area contributed by atoms with Crippen molar-refractivity contribution in [3.05, 3.63) is 30.1 Å². The van der Waals surface area contributed by atoms with Crippen LogP contribution in [0.4, 0.5) is 0 Å². The number of carbonyl (C=O) groups excluding carboxylic acids is 1. The maximum absolute atomic E-state index is 12.8. The topological polar surface area (TPSA) is 46.9 Å². The van der Waals surface area contributed by atoms with E-state index in [4.69, 9.17) is 0 Å².